The maximum atomic E-state index is 12.8. The number of carbonyl (C=O) groups is 1. The van der Waals surface area contributed by atoms with Crippen molar-refractivity contribution in [1.29, 1.82) is 0 Å². The maximum Gasteiger partial charge on any atom is 0.322 e. The number of nitrogens with zero attached hydrogens (tertiary/aromatic N) is 2. The van der Waals surface area contributed by atoms with Gasteiger partial charge in [0.2, 0.25) is 0 Å². The van der Waals surface area contributed by atoms with Crippen molar-refractivity contribution < 1.29 is 19.2 Å². The lowest BCUT2D eigenvalue weighted by molar-refractivity contribution is -0.384. The van der Waals surface area contributed by atoms with E-state index in [2.05, 4.69) is 5.32 Å². The summed E-state index contributed by atoms with van der Waals surface area (Å²) in [6.45, 7) is 0.624. The van der Waals surface area contributed by atoms with Gasteiger partial charge in [-0.3, -0.25) is 10.1 Å². The van der Waals surface area contributed by atoms with Crippen LogP contribution in [-0.4, -0.2) is 36.6 Å². The number of nitrogens with one attached hydrogen (secondary N) is 1. The van der Waals surface area contributed by atoms with Crippen molar-refractivity contribution >= 4 is 17.4 Å². The monoisotopic (exact) mass is 371 g/mol. The first-order valence-corrected chi connectivity index (χ1v) is 8.57. The number of rotatable bonds is 5. The number of nitro benzene ring substituents is 1. The maximum absolute atomic E-state index is 12.8. The second-order valence-electron chi connectivity index (χ2n) is 6.19. The molecule has 1 heterocycles. The van der Waals surface area contributed by atoms with Gasteiger partial charge in [0.15, 0.2) is 0 Å². The van der Waals surface area contributed by atoms with Crippen molar-refractivity contribution in [2.24, 2.45) is 0 Å². The Morgan fingerprint density at radius 3 is 2.56 bits per heavy atom. The Bertz CT molecular complexity index is 838. The largest absolute Gasteiger partial charge is 0.497 e. The third kappa shape index (κ3) is 3.94. The fourth-order valence-electron chi connectivity index (χ4n) is 3.29. The number of amides is 2. The van der Waals surface area contributed by atoms with Gasteiger partial charge in [-0.05, 0) is 37.1 Å². The molecule has 2 aromatic rings. The highest BCUT2D eigenvalue weighted by Gasteiger charge is 2.32. The zero-order chi connectivity index (χ0) is 19.4. The minimum absolute atomic E-state index is 0.0185. The van der Waals surface area contributed by atoms with Gasteiger partial charge in [-0.2, -0.15) is 0 Å². The second kappa shape index (κ2) is 7.94. The molecule has 8 nitrogen and oxygen atoms in total. The highest BCUT2D eigenvalue weighted by molar-refractivity contribution is 5.90. The normalized spacial score (nSPS) is 16.1. The zero-order valence-corrected chi connectivity index (χ0v) is 15.2. The molecule has 0 bridgehead atoms. The van der Waals surface area contributed by atoms with Crippen molar-refractivity contribution in [2.45, 2.75) is 18.9 Å². The van der Waals surface area contributed by atoms with E-state index in [0.717, 1.165) is 18.4 Å². The Kier molecular flexibility index (Phi) is 5.44. The van der Waals surface area contributed by atoms with Crippen LogP contribution in [0.2, 0.25) is 0 Å². The first kappa shape index (κ1) is 18.5. The van der Waals surface area contributed by atoms with E-state index < -0.39 is 4.92 Å². The molecule has 0 spiro atoms. The van der Waals surface area contributed by atoms with E-state index in [-0.39, 0.29) is 17.8 Å². The van der Waals surface area contributed by atoms with Crippen LogP contribution in [0.25, 0.3) is 0 Å². The van der Waals surface area contributed by atoms with Crippen molar-refractivity contribution in [3.63, 3.8) is 0 Å². The number of non-ortho nitro benzene ring substituents is 1. The van der Waals surface area contributed by atoms with Gasteiger partial charge in [0, 0.05) is 36.0 Å². The summed E-state index contributed by atoms with van der Waals surface area (Å²) in [5.41, 5.74) is 1.42. The molecule has 27 heavy (non-hydrogen) atoms. The minimum Gasteiger partial charge on any atom is -0.497 e. The summed E-state index contributed by atoms with van der Waals surface area (Å²) in [5, 5.41) is 13.5. The number of anilines is 1. The van der Waals surface area contributed by atoms with E-state index in [1.54, 1.807) is 25.2 Å². The highest BCUT2D eigenvalue weighted by atomic mass is 16.6. The smallest absolute Gasteiger partial charge is 0.322 e. The topological polar surface area (TPSA) is 93.9 Å². The molecule has 8 heteroatoms. The fraction of sp³-hybridized carbons (Fsp3) is 0.316. The predicted octanol–water partition coefficient (Wildman–Crippen LogP) is 3.98. The molecule has 2 amide bonds. The Labute approximate surface area is 156 Å². The summed E-state index contributed by atoms with van der Waals surface area (Å²) in [4.78, 5) is 24.8. The van der Waals surface area contributed by atoms with Crippen molar-refractivity contribution in [3.8, 4) is 11.5 Å². The van der Waals surface area contributed by atoms with Crippen LogP contribution in [0, 0.1) is 10.1 Å². The van der Waals surface area contributed by atoms with Crippen LogP contribution in [0.15, 0.2) is 42.5 Å². The van der Waals surface area contributed by atoms with Crippen molar-refractivity contribution in [3.05, 3.63) is 58.1 Å². The lowest BCUT2D eigenvalue weighted by atomic mass is 10.0. The quantitative estimate of drug-likeness (QED) is 0.634. The number of likely N-dealkylation sites (tertiary alicyclic amines) is 1. The van der Waals surface area contributed by atoms with Gasteiger partial charge in [-0.15, -0.1) is 0 Å². The van der Waals surface area contributed by atoms with Crippen molar-refractivity contribution in [2.75, 3.05) is 26.1 Å². The molecule has 1 atom stereocenters. The van der Waals surface area contributed by atoms with Gasteiger partial charge in [0.05, 0.1) is 25.2 Å². The number of benzene rings is 2. The number of urea groups is 1. The van der Waals surface area contributed by atoms with E-state index in [9.17, 15) is 14.9 Å². The number of methoxy groups -OCH3 is 2. The molecule has 0 aromatic heterocycles. The van der Waals surface area contributed by atoms with Crippen LogP contribution >= 0.6 is 0 Å². The summed E-state index contributed by atoms with van der Waals surface area (Å²) in [5.74, 6) is 1.37. The SMILES string of the molecule is COc1ccc([C@@H]2CCCN2C(=O)Nc2ccc([N+](=O)[O-])cc2)c(OC)c1. The molecule has 1 saturated heterocycles. The van der Waals surface area contributed by atoms with E-state index in [4.69, 9.17) is 9.47 Å². The van der Waals surface area contributed by atoms with Gasteiger partial charge < -0.3 is 19.7 Å². The van der Waals surface area contributed by atoms with E-state index in [0.29, 0.717) is 23.7 Å². The van der Waals surface area contributed by atoms with Gasteiger partial charge >= 0.3 is 6.03 Å². The Hall–Kier alpha value is -3.29. The summed E-state index contributed by atoms with van der Waals surface area (Å²) in [7, 11) is 3.18. The first-order valence-electron chi connectivity index (χ1n) is 8.57. The van der Waals surface area contributed by atoms with E-state index in [1.165, 1.54) is 24.3 Å². The minimum atomic E-state index is -0.474. The summed E-state index contributed by atoms with van der Waals surface area (Å²) < 4.78 is 10.7. The molecular formula is C19H21N3O5. The van der Waals surface area contributed by atoms with Gasteiger partial charge in [0.25, 0.3) is 5.69 Å². The molecule has 3 rings (SSSR count). The Balaban J connectivity index is 1.77. The number of hydrogen-bond donors (Lipinski definition) is 1. The van der Waals surface area contributed by atoms with Crippen LogP contribution in [0.5, 0.6) is 11.5 Å². The summed E-state index contributed by atoms with van der Waals surface area (Å²) in [6, 6.07) is 11.0. The molecule has 1 fully saturated rings. The highest BCUT2D eigenvalue weighted by Crippen LogP contribution is 2.39. The molecule has 0 radical (unpaired) electrons. The number of nitro groups is 1. The standard InChI is InChI=1S/C19H21N3O5/c1-26-15-9-10-16(18(12-15)27-2)17-4-3-11-21(17)19(23)20-13-5-7-14(8-6-13)22(24)25/h5-10,12,17H,3-4,11H2,1-2H3,(H,20,23)/t17-/m0/s1. The fourth-order valence-corrected chi connectivity index (χ4v) is 3.29. The van der Waals surface area contributed by atoms with Crippen LogP contribution in [-0.2, 0) is 0 Å². The second-order valence-corrected chi connectivity index (χ2v) is 6.19. The van der Waals surface area contributed by atoms with E-state index >= 15 is 0 Å². The molecule has 2 aromatic carbocycles. The first-order chi connectivity index (χ1) is 13.0. The van der Waals surface area contributed by atoms with Crippen LogP contribution in [0.1, 0.15) is 24.4 Å². The predicted molar refractivity (Wildman–Crippen MR) is 100 cm³/mol. The molecule has 0 saturated carbocycles. The van der Waals surface area contributed by atoms with Crippen molar-refractivity contribution in [1.82, 2.24) is 4.90 Å². The van der Waals surface area contributed by atoms with Gasteiger partial charge in [-0.1, -0.05) is 0 Å². The summed E-state index contributed by atoms with van der Waals surface area (Å²) in [6.07, 6.45) is 1.71. The number of hydrogen-bond acceptors (Lipinski definition) is 5. The average Bonchev–Trinajstić information content (AvgIpc) is 3.17. The molecule has 1 N–H and O–H groups in total. The van der Waals surface area contributed by atoms with Gasteiger partial charge in [-0.25, -0.2) is 4.79 Å². The van der Waals surface area contributed by atoms with Crippen LogP contribution in [0.4, 0.5) is 16.2 Å². The summed E-state index contributed by atoms with van der Waals surface area (Å²) >= 11 is 0. The molecule has 0 aliphatic carbocycles. The molecule has 0 unspecified atom stereocenters. The lowest BCUT2D eigenvalue weighted by Crippen LogP contribution is -2.34. The molecular weight excluding hydrogens is 350 g/mol. The number of ether oxygens (including phenoxy) is 2. The van der Waals surface area contributed by atoms with Crippen LogP contribution in [0.3, 0.4) is 0 Å². The Morgan fingerprint density at radius 2 is 1.93 bits per heavy atom. The van der Waals surface area contributed by atoms with Gasteiger partial charge in [0.1, 0.15) is 11.5 Å². The third-order valence-electron chi connectivity index (χ3n) is 4.64. The third-order valence-corrected chi connectivity index (χ3v) is 4.64. The van der Waals surface area contributed by atoms with Crippen LogP contribution < -0.4 is 14.8 Å². The van der Waals surface area contributed by atoms with E-state index in [1.807, 2.05) is 12.1 Å². The molecule has 1 aliphatic rings. The zero-order valence-electron chi connectivity index (χ0n) is 15.2. The lowest BCUT2D eigenvalue weighted by Gasteiger charge is -2.26. The number of carbonyl (C=O) groups excluding carboxylic acids is 1. The average molecular weight is 371 g/mol. The Morgan fingerprint density at radius 1 is 1.19 bits per heavy atom. The molecule has 1 aliphatic heterocycles. The molecule has 142 valence electrons.